The van der Waals surface area contributed by atoms with Crippen molar-refractivity contribution in [3.8, 4) is 0 Å². The molecule has 5 atom stereocenters. The number of esters is 3. The Hall–Kier alpha value is -3.17. The normalized spacial score (nSPS) is 24.0. The van der Waals surface area contributed by atoms with E-state index in [1.54, 1.807) is 0 Å². The Kier molecular flexibility index (Phi) is 6.47. The van der Waals surface area contributed by atoms with Crippen LogP contribution < -0.4 is 10.9 Å². The number of aromatic nitrogens is 4. The quantitative estimate of drug-likeness (QED) is 0.296. The molecule has 0 aliphatic carbocycles. The van der Waals surface area contributed by atoms with E-state index >= 15 is 0 Å². The second-order valence-corrected chi connectivity index (χ2v) is 7.51. The van der Waals surface area contributed by atoms with Crippen molar-refractivity contribution in [2.45, 2.75) is 50.3 Å². The number of carbonyl (C=O) groups excluding carboxylic acids is 3. The van der Waals surface area contributed by atoms with Gasteiger partial charge in [0.15, 0.2) is 29.1 Å². The van der Waals surface area contributed by atoms with E-state index in [1.807, 2.05) is 0 Å². The van der Waals surface area contributed by atoms with E-state index in [0.717, 1.165) is 0 Å². The minimum atomic E-state index is -2.01. The van der Waals surface area contributed by atoms with Crippen molar-refractivity contribution in [1.82, 2.24) is 19.5 Å². The predicted octanol–water partition coefficient (Wildman–Crippen LogP) is -1.29. The molecule has 2 aromatic heterocycles. The lowest BCUT2D eigenvalue weighted by atomic mass is 10.1. The highest BCUT2D eigenvalue weighted by Gasteiger charge is 2.51. The molecule has 3 heterocycles. The number of hydrogen-bond acceptors (Lipinski definition) is 12. The fourth-order valence-electron chi connectivity index (χ4n) is 3.15. The third-order valence-corrected chi connectivity index (χ3v) is 4.88. The van der Waals surface area contributed by atoms with Gasteiger partial charge in [-0.05, 0) is 0 Å². The van der Waals surface area contributed by atoms with Crippen LogP contribution >= 0.6 is 0 Å². The fourth-order valence-corrected chi connectivity index (χ4v) is 3.67. The van der Waals surface area contributed by atoms with E-state index in [9.17, 15) is 18.6 Å². The molecule has 0 saturated carbocycles. The lowest BCUT2D eigenvalue weighted by Crippen LogP contribution is -2.40. The van der Waals surface area contributed by atoms with Gasteiger partial charge < -0.3 is 24.7 Å². The monoisotopic (exact) mass is 456 g/mol. The second-order valence-electron chi connectivity index (χ2n) is 6.52. The average molecular weight is 456 g/mol. The van der Waals surface area contributed by atoms with Crippen molar-refractivity contribution in [2.75, 3.05) is 12.3 Å². The van der Waals surface area contributed by atoms with Crippen molar-refractivity contribution < 1.29 is 37.5 Å². The SMILES string of the molecule is CC(=O)OC[C@H]1O[C@@H](n2cnc3c(S(N)=O)nc(N)nc32)[C@H](OC(C)=O)[C@@H]1OC(C)=O. The molecule has 14 nitrogen and oxygen atoms in total. The highest BCUT2D eigenvalue weighted by Crippen LogP contribution is 2.36. The number of fused-ring (bicyclic) bond motifs is 1. The van der Waals surface area contributed by atoms with Gasteiger partial charge in [0.1, 0.15) is 29.2 Å². The maximum Gasteiger partial charge on any atom is 0.303 e. The minimum Gasteiger partial charge on any atom is -0.463 e. The molecule has 1 saturated heterocycles. The smallest absolute Gasteiger partial charge is 0.303 e. The Morgan fingerprint density at radius 2 is 1.77 bits per heavy atom. The third kappa shape index (κ3) is 4.78. The van der Waals surface area contributed by atoms with Crippen LogP contribution in [0.1, 0.15) is 27.0 Å². The van der Waals surface area contributed by atoms with Crippen molar-refractivity contribution in [3.05, 3.63) is 6.33 Å². The highest BCUT2D eigenvalue weighted by molar-refractivity contribution is 7.82. The molecule has 0 aromatic carbocycles. The molecule has 3 rings (SSSR count). The molecule has 2 aromatic rings. The number of ether oxygens (including phenoxy) is 4. The summed E-state index contributed by atoms with van der Waals surface area (Å²) < 4.78 is 34.7. The largest absolute Gasteiger partial charge is 0.463 e. The number of imidazole rings is 1. The molecule has 1 aliphatic rings. The minimum absolute atomic E-state index is 0.0904. The number of anilines is 1. The van der Waals surface area contributed by atoms with Crippen LogP contribution in [0.4, 0.5) is 5.95 Å². The van der Waals surface area contributed by atoms with E-state index in [-0.39, 0.29) is 28.7 Å². The van der Waals surface area contributed by atoms with Gasteiger partial charge in [-0.25, -0.2) is 19.3 Å². The fraction of sp³-hybridized carbons (Fsp3) is 0.500. The molecule has 1 aliphatic heterocycles. The molecule has 0 amide bonds. The molecule has 168 valence electrons. The first kappa shape index (κ1) is 22.5. The van der Waals surface area contributed by atoms with Gasteiger partial charge in [0.2, 0.25) is 5.95 Å². The second kappa shape index (κ2) is 8.91. The summed E-state index contributed by atoms with van der Waals surface area (Å²) in [6.45, 7) is 3.27. The van der Waals surface area contributed by atoms with Crippen LogP contribution in [0.3, 0.4) is 0 Å². The predicted molar refractivity (Wildman–Crippen MR) is 102 cm³/mol. The molecule has 31 heavy (non-hydrogen) atoms. The standard InChI is InChI=1S/C16H20N6O8S/c1-6(23)27-4-9-11(28-7(2)24)12(29-8(3)25)15(30-9)22-5-19-10-13(22)20-16(17)21-14(10)31(18)26/h5,9,11-12,15H,4,18H2,1-3H3,(H2,17,20,21)/t9-,11-,12-,15-,31?/m1/s1. The van der Waals surface area contributed by atoms with Gasteiger partial charge in [0, 0.05) is 20.8 Å². The summed E-state index contributed by atoms with van der Waals surface area (Å²) in [6, 6.07) is 0. The zero-order valence-corrected chi connectivity index (χ0v) is 17.5. The zero-order chi connectivity index (χ0) is 22.9. The third-order valence-electron chi connectivity index (χ3n) is 4.21. The van der Waals surface area contributed by atoms with Gasteiger partial charge in [0.25, 0.3) is 0 Å². The van der Waals surface area contributed by atoms with E-state index in [0.29, 0.717) is 0 Å². The first-order valence-corrected chi connectivity index (χ1v) is 10.1. The Balaban J connectivity index is 2.08. The van der Waals surface area contributed by atoms with Crippen LogP contribution in [0, 0.1) is 0 Å². The number of carbonyl (C=O) groups is 3. The van der Waals surface area contributed by atoms with Crippen LogP contribution in [0.2, 0.25) is 0 Å². The molecular weight excluding hydrogens is 436 g/mol. The Bertz CT molecular complexity index is 1060. The summed E-state index contributed by atoms with van der Waals surface area (Å²) in [7, 11) is -2.01. The first-order valence-electron chi connectivity index (χ1n) is 8.88. The Labute approximate surface area is 177 Å². The summed E-state index contributed by atoms with van der Waals surface area (Å²) in [5, 5.41) is 5.34. The van der Waals surface area contributed by atoms with Crippen LogP contribution in [0.5, 0.6) is 0 Å². The first-order chi connectivity index (χ1) is 14.6. The lowest BCUT2D eigenvalue weighted by Gasteiger charge is -2.23. The summed E-state index contributed by atoms with van der Waals surface area (Å²) in [6.07, 6.45) is -3.06. The summed E-state index contributed by atoms with van der Waals surface area (Å²) in [4.78, 5) is 46.7. The van der Waals surface area contributed by atoms with E-state index in [4.69, 9.17) is 29.8 Å². The number of rotatable bonds is 6. The Morgan fingerprint density at radius 3 is 2.35 bits per heavy atom. The number of nitrogens with two attached hydrogens (primary N) is 2. The van der Waals surface area contributed by atoms with Crippen molar-refractivity contribution >= 4 is 46.0 Å². The zero-order valence-electron chi connectivity index (χ0n) is 16.7. The topological polar surface area (TPSA) is 201 Å². The molecule has 15 heteroatoms. The van der Waals surface area contributed by atoms with E-state index < -0.39 is 53.4 Å². The number of nitrogen functional groups attached to an aromatic ring is 1. The van der Waals surface area contributed by atoms with Crippen LogP contribution in [0.15, 0.2) is 11.4 Å². The molecule has 1 unspecified atom stereocenters. The Morgan fingerprint density at radius 1 is 1.13 bits per heavy atom. The summed E-state index contributed by atoms with van der Waals surface area (Å²) in [5.41, 5.74) is 5.89. The van der Waals surface area contributed by atoms with E-state index in [1.165, 1.54) is 31.7 Å². The van der Waals surface area contributed by atoms with Crippen LogP contribution in [0.25, 0.3) is 11.2 Å². The maximum absolute atomic E-state index is 11.8. The maximum atomic E-state index is 11.8. The summed E-state index contributed by atoms with van der Waals surface area (Å²) >= 11 is 0. The number of hydrogen-bond donors (Lipinski definition) is 2. The van der Waals surface area contributed by atoms with Gasteiger partial charge in [-0.2, -0.15) is 4.98 Å². The van der Waals surface area contributed by atoms with Gasteiger partial charge in [-0.15, -0.1) is 0 Å². The van der Waals surface area contributed by atoms with Crippen molar-refractivity contribution in [2.24, 2.45) is 5.14 Å². The van der Waals surface area contributed by atoms with E-state index in [2.05, 4.69) is 15.0 Å². The van der Waals surface area contributed by atoms with Crippen molar-refractivity contribution in [3.63, 3.8) is 0 Å². The highest BCUT2D eigenvalue weighted by atomic mass is 32.2. The van der Waals surface area contributed by atoms with Crippen LogP contribution in [-0.4, -0.2) is 66.6 Å². The van der Waals surface area contributed by atoms with Gasteiger partial charge in [-0.1, -0.05) is 0 Å². The van der Waals surface area contributed by atoms with Gasteiger partial charge >= 0.3 is 17.9 Å². The average Bonchev–Trinajstić information content (AvgIpc) is 3.20. The molecule has 0 spiro atoms. The molecule has 1 fully saturated rings. The molecule has 0 radical (unpaired) electrons. The summed E-state index contributed by atoms with van der Waals surface area (Å²) in [5.74, 6) is -2.15. The van der Waals surface area contributed by atoms with Gasteiger partial charge in [0.05, 0.1) is 6.33 Å². The lowest BCUT2D eigenvalue weighted by molar-refractivity contribution is -0.166. The number of nitrogens with zero attached hydrogens (tertiary/aromatic N) is 4. The van der Waals surface area contributed by atoms with Crippen molar-refractivity contribution in [1.29, 1.82) is 0 Å². The molecule has 0 bridgehead atoms. The van der Waals surface area contributed by atoms with Gasteiger partial charge in [-0.3, -0.25) is 19.0 Å². The van der Waals surface area contributed by atoms with Crippen LogP contribution in [-0.2, 0) is 44.3 Å². The molecule has 4 N–H and O–H groups in total. The molecular formula is C16H20N6O8S.